The first-order chi connectivity index (χ1) is 13.8. The standard InChI is InChI=1S/C23H20ClNO4/c1-12-14(3)28-20-10-21-17(8-16(12)20)13(2)18(23(27)29-21)9-22(26)25-11-15-6-4-5-7-19(15)24/h4-8,10H,9,11H2,1-3H3,(H,25,26). The number of aryl methyl sites for hydroxylation is 3. The van der Waals surface area contributed by atoms with Crippen LogP contribution in [0.4, 0.5) is 0 Å². The van der Waals surface area contributed by atoms with Crippen molar-refractivity contribution in [3.8, 4) is 0 Å². The van der Waals surface area contributed by atoms with Crippen LogP contribution in [0.3, 0.4) is 0 Å². The van der Waals surface area contributed by atoms with Crippen LogP contribution in [0.2, 0.25) is 5.02 Å². The van der Waals surface area contributed by atoms with E-state index in [0.717, 1.165) is 33.2 Å². The second kappa shape index (κ2) is 7.41. The van der Waals surface area contributed by atoms with Gasteiger partial charge in [-0.15, -0.1) is 0 Å². The van der Waals surface area contributed by atoms with Crippen molar-refractivity contribution in [2.75, 3.05) is 0 Å². The first-order valence-corrected chi connectivity index (χ1v) is 9.69. The van der Waals surface area contributed by atoms with E-state index in [1.165, 1.54) is 0 Å². The SMILES string of the molecule is Cc1oc2cc3oc(=O)c(CC(=O)NCc4ccccc4Cl)c(C)c3cc2c1C. The first-order valence-electron chi connectivity index (χ1n) is 9.31. The molecule has 2 aromatic carbocycles. The highest BCUT2D eigenvalue weighted by atomic mass is 35.5. The molecule has 6 heteroatoms. The zero-order valence-electron chi connectivity index (χ0n) is 16.4. The zero-order chi connectivity index (χ0) is 20.7. The molecular formula is C23H20ClNO4. The molecule has 0 atom stereocenters. The molecule has 29 heavy (non-hydrogen) atoms. The smallest absolute Gasteiger partial charge is 0.340 e. The maximum absolute atomic E-state index is 12.5. The van der Waals surface area contributed by atoms with E-state index in [2.05, 4.69) is 5.32 Å². The van der Waals surface area contributed by atoms with Crippen LogP contribution in [0.15, 0.2) is 50.0 Å². The first kappa shape index (κ1) is 19.3. The van der Waals surface area contributed by atoms with Crippen molar-refractivity contribution >= 4 is 39.4 Å². The number of halogens is 1. The average Bonchev–Trinajstić information content (AvgIpc) is 2.96. The summed E-state index contributed by atoms with van der Waals surface area (Å²) in [7, 11) is 0. The molecule has 0 radical (unpaired) electrons. The second-order valence-corrected chi connectivity index (χ2v) is 7.57. The van der Waals surface area contributed by atoms with Gasteiger partial charge in [0.15, 0.2) is 0 Å². The number of hydrogen-bond acceptors (Lipinski definition) is 4. The van der Waals surface area contributed by atoms with Crippen LogP contribution in [0.1, 0.15) is 28.0 Å². The maximum Gasteiger partial charge on any atom is 0.340 e. The minimum Gasteiger partial charge on any atom is -0.461 e. The lowest BCUT2D eigenvalue weighted by Crippen LogP contribution is -2.27. The van der Waals surface area contributed by atoms with E-state index in [4.69, 9.17) is 20.4 Å². The van der Waals surface area contributed by atoms with Gasteiger partial charge in [-0.25, -0.2) is 4.79 Å². The number of carbonyl (C=O) groups excluding carboxylic acids is 1. The molecule has 4 aromatic rings. The van der Waals surface area contributed by atoms with E-state index < -0.39 is 5.63 Å². The lowest BCUT2D eigenvalue weighted by Gasteiger charge is -2.09. The molecule has 5 nitrogen and oxygen atoms in total. The van der Waals surface area contributed by atoms with Gasteiger partial charge in [-0.3, -0.25) is 4.79 Å². The number of rotatable bonds is 4. The Labute approximate surface area is 172 Å². The summed E-state index contributed by atoms with van der Waals surface area (Å²) >= 11 is 6.12. The fourth-order valence-corrected chi connectivity index (χ4v) is 3.69. The van der Waals surface area contributed by atoms with Crippen LogP contribution in [0.25, 0.3) is 21.9 Å². The van der Waals surface area contributed by atoms with Gasteiger partial charge in [0.2, 0.25) is 5.91 Å². The van der Waals surface area contributed by atoms with E-state index in [1.807, 2.05) is 45.0 Å². The van der Waals surface area contributed by atoms with E-state index in [1.54, 1.807) is 12.1 Å². The summed E-state index contributed by atoms with van der Waals surface area (Å²) in [6, 6.07) is 11.0. The molecular weight excluding hydrogens is 390 g/mol. The Morgan fingerprint density at radius 1 is 1.00 bits per heavy atom. The summed E-state index contributed by atoms with van der Waals surface area (Å²) in [4.78, 5) is 25.0. The summed E-state index contributed by atoms with van der Waals surface area (Å²) in [6.07, 6.45) is -0.0595. The molecule has 148 valence electrons. The van der Waals surface area contributed by atoms with Gasteiger partial charge >= 0.3 is 5.63 Å². The molecule has 2 aromatic heterocycles. The fourth-order valence-electron chi connectivity index (χ4n) is 3.49. The van der Waals surface area contributed by atoms with Crippen LogP contribution in [0.5, 0.6) is 0 Å². The third kappa shape index (κ3) is 3.54. The Morgan fingerprint density at radius 3 is 2.45 bits per heavy atom. The van der Waals surface area contributed by atoms with E-state index in [0.29, 0.717) is 28.3 Å². The predicted octanol–water partition coefficient (Wildman–Crippen LogP) is 4.98. The highest BCUT2D eigenvalue weighted by Crippen LogP contribution is 2.31. The Kier molecular flexibility index (Phi) is 4.92. The van der Waals surface area contributed by atoms with Crippen molar-refractivity contribution in [2.45, 2.75) is 33.7 Å². The number of benzene rings is 2. The Balaban J connectivity index is 1.65. The molecule has 0 fully saturated rings. The monoisotopic (exact) mass is 409 g/mol. The normalized spacial score (nSPS) is 11.3. The number of fused-ring (bicyclic) bond motifs is 2. The number of carbonyl (C=O) groups is 1. The molecule has 0 saturated heterocycles. The summed E-state index contributed by atoms with van der Waals surface area (Å²) < 4.78 is 11.2. The van der Waals surface area contributed by atoms with Gasteiger partial charge in [-0.05, 0) is 49.6 Å². The lowest BCUT2D eigenvalue weighted by atomic mass is 10.0. The highest BCUT2D eigenvalue weighted by molar-refractivity contribution is 6.31. The molecule has 1 amide bonds. The zero-order valence-corrected chi connectivity index (χ0v) is 17.1. The molecule has 1 N–H and O–H groups in total. The van der Waals surface area contributed by atoms with Crippen molar-refractivity contribution in [1.82, 2.24) is 5.32 Å². The average molecular weight is 410 g/mol. The summed E-state index contributed by atoms with van der Waals surface area (Å²) in [5, 5.41) is 5.17. The van der Waals surface area contributed by atoms with Crippen molar-refractivity contribution < 1.29 is 13.6 Å². The molecule has 0 unspecified atom stereocenters. The fraction of sp³-hybridized carbons (Fsp3) is 0.217. The van der Waals surface area contributed by atoms with Gasteiger partial charge in [0, 0.05) is 28.4 Å². The third-order valence-corrected chi connectivity index (χ3v) is 5.72. The molecule has 0 spiro atoms. The number of amides is 1. The Bertz CT molecular complexity index is 1320. The van der Waals surface area contributed by atoms with Gasteiger partial charge in [0.1, 0.15) is 16.9 Å². The van der Waals surface area contributed by atoms with Gasteiger partial charge in [-0.1, -0.05) is 29.8 Å². The topological polar surface area (TPSA) is 72.5 Å². The van der Waals surface area contributed by atoms with E-state index in [-0.39, 0.29) is 12.3 Å². The largest absolute Gasteiger partial charge is 0.461 e. The van der Waals surface area contributed by atoms with Crippen LogP contribution in [-0.2, 0) is 17.8 Å². The number of furan rings is 1. The summed E-state index contributed by atoms with van der Waals surface area (Å²) in [5.74, 6) is 0.561. The Morgan fingerprint density at radius 2 is 1.69 bits per heavy atom. The molecule has 0 aliphatic heterocycles. The van der Waals surface area contributed by atoms with E-state index in [9.17, 15) is 9.59 Å². The van der Waals surface area contributed by atoms with Crippen molar-refractivity contribution in [3.05, 3.63) is 79.9 Å². The lowest BCUT2D eigenvalue weighted by molar-refractivity contribution is -0.120. The second-order valence-electron chi connectivity index (χ2n) is 7.17. The van der Waals surface area contributed by atoms with Crippen LogP contribution < -0.4 is 10.9 Å². The van der Waals surface area contributed by atoms with Crippen molar-refractivity contribution in [3.63, 3.8) is 0 Å². The van der Waals surface area contributed by atoms with Gasteiger partial charge < -0.3 is 14.2 Å². The Hall–Kier alpha value is -3.05. The van der Waals surface area contributed by atoms with Crippen molar-refractivity contribution in [1.29, 1.82) is 0 Å². The maximum atomic E-state index is 12.5. The highest BCUT2D eigenvalue weighted by Gasteiger charge is 2.17. The quantitative estimate of drug-likeness (QED) is 0.482. The van der Waals surface area contributed by atoms with E-state index >= 15 is 0 Å². The van der Waals surface area contributed by atoms with Crippen molar-refractivity contribution in [2.24, 2.45) is 0 Å². The van der Waals surface area contributed by atoms with Gasteiger partial charge in [0.05, 0.1) is 12.0 Å². The molecule has 0 saturated carbocycles. The van der Waals surface area contributed by atoms with Gasteiger partial charge in [0.25, 0.3) is 0 Å². The third-order valence-electron chi connectivity index (χ3n) is 5.35. The molecule has 2 heterocycles. The predicted molar refractivity (Wildman–Crippen MR) is 113 cm³/mol. The molecule has 4 rings (SSSR count). The summed E-state index contributed by atoms with van der Waals surface area (Å²) in [5.41, 5.74) is 3.58. The number of hydrogen-bond donors (Lipinski definition) is 1. The molecule has 0 aliphatic carbocycles. The van der Waals surface area contributed by atoms with Crippen LogP contribution >= 0.6 is 11.6 Å². The minimum atomic E-state index is -0.512. The number of nitrogens with one attached hydrogen (secondary N) is 1. The van der Waals surface area contributed by atoms with Crippen LogP contribution in [-0.4, -0.2) is 5.91 Å². The minimum absolute atomic E-state index is 0.0595. The molecule has 0 aliphatic rings. The molecule has 0 bridgehead atoms. The summed E-state index contributed by atoms with van der Waals surface area (Å²) in [6.45, 7) is 6.02. The van der Waals surface area contributed by atoms with Crippen LogP contribution in [0, 0.1) is 20.8 Å². The van der Waals surface area contributed by atoms with Gasteiger partial charge in [-0.2, -0.15) is 0 Å².